The van der Waals surface area contributed by atoms with Gasteiger partial charge in [0.1, 0.15) is 12.2 Å². The molecule has 0 aromatic carbocycles. The van der Waals surface area contributed by atoms with Crippen LogP contribution in [0.5, 0.6) is 0 Å². The van der Waals surface area contributed by atoms with Crippen LogP contribution in [-0.4, -0.2) is 46.6 Å². The number of halogens is 1. The molecule has 1 rings (SSSR count). The predicted octanol–water partition coefficient (Wildman–Crippen LogP) is -1.61. The van der Waals surface area contributed by atoms with E-state index < -0.39 is 24.7 Å². The Morgan fingerprint density at radius 3 is 2.30 bits per heavy atom. The Morgan fingerprint density at radius 1 is 1.20 bits per heavy atom. The van der Waals surface area contributed by atoms with Crippen molar-refractivity contribution in [2.75, 3.05) is 6.61 Å². The summed E-state index contributed by atoms with van der Waals surface area (Å²) in [6, 6.07) is 0. The second-order valence-electron chi connectivity index (χ2n) is 2.22. The maximum absolute atomic E-state index is 12.4. The summed E-state index contributed by atoms with van der Waals surface area (Å²) < 4.78 is 16.7. The molecule has 0 aliphatic carbocycles. The van der Waals surface area contributed by atoms with E-state index in [1.807, 2.05) is 0 Å². The number of hydrogen-bond donors (Lipinski definition) is 3. The highest BCUT2D eigenvalue weighted by atomic mass is 19.1. The molecule has 0 aromatic heterocycles. The second kappa shape index (κ2) is 2.79. The van der Waals surface area contributed by atoms with Crippen LogP contribution < -0.4 is 0 Å². The number of aliphatic hydroxyl groups is 3. The zero-order chi connectivity index (χ0) is 7.72. The molecule has 5 heteroatoms. The molecule has 1 aliphatic rings. The van der Waals surface area contributed by atoms with Crippen LogP contribution >= 0.6 is 0 Å². The van der Waals surface area contributed by atoms with Crippen LogP contribution in [0.2, 0.25) is 0 Å². The minimum atomic E-state index is -1.61. The maximum Gasteiger partial charge on any atom is 0.183 e. The summed E-state index contributed by atoms with van der Waals surface area (Å²) in [5.41, 5.74) is 0. The van der Waals surface area contributed by atoms with Gasteiger partial charge < -0.3 is 20.1 Å². The van der Waals surface area contributed by atoms with E-state index >= 15 is 0 Å². The summed E-state index contributed by atoms with van der Waals surface area (Å²) in [6.07, 6.45) is -6.16. The van der Waals surface area contributed by atoms with Gasteiger partial charge >= 0.3 is 0 Å². The van der Waals surface area contributed by atoms with Gasteiger partial charge in [-0.15, -0.1) is 0 Å². The van der Waals surface area contributed by atoms with Crippen molar-refractivity contribution >= 4 is 0 Å². The van der Waals surface area contributed by atoms with Crippen molar-refractivity contribution in [3.05, 3.63) is 0 Å². The first-order chi connectivity index (χ1) is 4.63. The Labute approximate surface area is 56.9 Å². The van der Waals surface area contributed by atoms with Crippen LogP contribution in [-0.2, 0) is 4.74 Å². The molecule has 0 amide bonds. The highest BCUT2D eigenvalue weighted by molar-refractivity contribution is 4.81. The van der Waals surface area contributed by atoms with Crippen LogP contribution in [0, 0.1) is 0 Å². The highest BCUT2D eigenvalue weighted by Crippen LogP contribution is 2.15. The zero-order valence-electron chi connectivity index (χ0n) is 5.14. The molecule has 4 atom stereocenters. The minimum absolute atomic E-state index is 0.376. The third-order valence-electron chi connectivity index (χ3n) is 1.44. The SMILES string of the molecule is OC1OC[C@@H](F)[C@@H](O)[C@@H]1O. The number of hydrogen-bond acceptors (Lipinski definition) is 4. The van der Waals surface area contributed by atoms with E-state index in [0.717, 1.165) is 0 Å². The summed E-state index contributed by atoms with van der Waals surface area (Å²) in [4.78, 5) is 0. The van der Waals surface area contributed by atoms with E-state index in [1.165, 1.54) is 0 Å². The lowest BCUT2D eigenvalue weighted by Gasteiger charge is -2.30. The Kier molecular flexibility index (Phi) is 2.20. The summed E-state index contributed by atoms with van der Waals surface area (Å²) in [6.45, 7) is -0.376. The first-order valence-electron chi connectivity index (χ1n) is 2.93. The lowest BCUT2D eigenvalue weighted by Crippen LogP contribution is -2.51. The quantitative estimate of drug-likeness (QED) is 0.391. The zero-order valence-corrected chi connectivity index (χ0v) is 5.14. The van der Waals surface area contributed by atoms with Gasteiger partial charge in [0.25, 0.3) is 0 Å². The standard InChI is InChI=1S/C5H9FO4/c6-2-1-10-5(9)4(8)3(2)7/h2-5,7-9H,1H2/t2-,3-,4+,5?/m1/s1. The molecular weight excluding hydrogens is 143 g/mol. The van der Waals surface area contributed by atoms with Crippen molar-refractivity contribution in [2.24, 2.45) is 0 Å². The van der Waals surface area contributed by atoms with Crippen LogP contribution in [0.15, 0.2) is 0 Å². The number of ether oxygens (including phenoxy) is 1. The second-order valence-corrected chi connectivity index (χ2v) is 2.22. The lowest BCUT2D eigenvalue weighted by molar-refractivity contribution is -0.240. The van der Waals surface area contributed by atoms with Crippen LogP contribution in [0.25, 0.3) is 0 Å². The van der Waals surface area contributed by atoms with E-state index in [0.29, 0.717) is 0 Å². The van der Waals surface area contributed by atoms with Gasteiger partial charge in [-0.1, -0.05) is 0 Å². The van der Waals surface area contributed by atoms with Crippen molar-refractivity contribution in [1.29, 1.82) is 0 Å². The molecule has 1 unspecified atom stereocenters. The van der Waals surface area contributed by atoms with Gasteiger partial charge in [0, 0.05) is 0 Å². The van der Waals surface area contributed by atoms with Crippen molar-refractivity contribution in [3.63, 3.8) is 0 Å². The minimum Gasteiger partial charge on any atom is -0.387 e. The summed E-state index contributed by atoms with van der Waals surface area (Å²) in [5.74, 6) is 0. The molecule has 60 valence electrons. The number of aliphatic hydroxyl groups excluding tert-OH is 3. The van der Waals surface area contributed by atoms with Crippen LogP contribution in [0.1, 0.15) is 0 Å². The van der Waals surface area contributed by atoms with Crippen molar-refractivity contribution in [3.8, 4) is 0 Å². The molecular formula is C5H9FO4. The molecule has 1 saturated heterocycles. The molecule has 0 saturated carbocycles. The van der Waals surface area contributed by atoms with Gasteiger partial charge in [0.05, 0.1) is 6.61 Å². The van der Waals surface area contributed by atoms with Gasteiger partial charge in [-0.05, 0) is 0 Å². The molecule has 1 aliphatic heterocycles. The molecule has 1 heterocycles. The van der Waals surface area contributed by atoms with Crippen LogP contribution in [0.3, 0.4) is 0 Å². The predicted molar refractivity (Wildman–Crippen MR) is 28.9 cm³/mol. The Balaban J connectivity index is 2.52. The van der Waals surface area contributed by atoms with Crippen molar-refractivity contribution in [2.45, 2.75) is 24.7 Å². The first kappa shape index (κ1) is 7.87. The number of alkyl halides is 1. The fraction of sp³-hybridized carbons (Fsp3) is 1.00. The molecule has 3 N–H and O–H groups in total. The van der Waals surface area contributed by atoms with Gasteiger partial charge in [0.15, 0.2) is 12.5 Å². The Bertz CT molecular complexity index is 106. The van der Waals surface area contributed by atoms with Crippen LogP contribution in [0.4, 0.5) is 4.39 Å². The summed E-state index contributed by atoms with van der Waals surface area (Å²) in [5, 5.41) is 26.2. The van der Waals surface area contributed by atoms with E-state index in [-0.39, 0.29) is 6.61 Å². The smallest absolute Gasteiger partial charge is 0.183 e. The molecule has 10 heavy (non-hydrogen) atoms. The largest absolute Gasteiger partial charge is 0.387 e. The fourth-order valence-corrected chi connectivity index (χ4v) is 0.770. The van der Waals surface area contributed by atoms with Gasteiger partial charge in [-0.2, -0.15) is 0 Å². The van der Waals surface area contributed by atoms with E-state index in [1.54, 1.807) is 0 Å². The maximum atomic E-state index is 12.4. The lowest BCUT2D eigenvalue weighted by atomic mass is 10.1. The Hall–Kier alpha value is -0.230. The monoisotopic (exact) mass is 152 g/mol. The normalized spacial score (nSPS) is 49.2. The van der Waals surface area contributed by atoms with Crippen molar-refractivity contribution < 1.29 is 24.4 Å². The average molecular weight is 152 g/mol. The van der Waals surface area contributed by atoms with Crippen molar-refractivity contribution in [1.82, 2.24) is 0 Å². The molecule has 1 fully saturated rings. The average Bonchev–Trinajstić information content (AvgIpc) is 1.93. The van der Waals surface area contributed by atoms with Gasteiger partial charge in [-0.25, -0.2) is 4.39 Å². The fourth-order valence-electron chi connectivity index (χ4n) is 0.770. The molecule has 0 bridgehead atoms. The molecule has 0 aromatic rings. The third-order valence-corrected chi connectivity index (χ3v) is 1.44. The van der Waals surface area contributed by atoms with E-state index in [9.17, 15) is 4.39 Å². The Morgan fingerprint density at radius 2 is 1.80 bits per heavy atom. The molecule has 4 nitrogen and oxygen atoms in total. The third kappa shape index (κ3) is 1.27. The first-order valence-corrected chi connectivity index (χ1v) is 2.93. The summed E-state index contributed by atoms with van der Waals surface area (Å²) >= 11 is 0. The molecule has 0 radical (unpaired) electrons. The summed E-state index contributed by atoms with van der Waals surface area (Å²) in [7, 11) is 0. The topological polar surface area (TPSA) is 69.9 Å². The van der Waals surface area contributed by atoms with E-state index in [2.05, 4.69) is 4.74 Å². The van der Waals surface area contributed by atoms with E-state index in [4.69, 9.17) is 15.3 Å². The van der Waals surface area contributed by atoms with Gasteiger partial charge in [0.2, 0.25) is 0 Å². The van der Waals surface area contributed by atoms with Gasteiger partial charge in [-0.3, -0.25) is 0 Å². The highest BCUT2D eigenvalue weighted by Gasteiger charge is 2.37. The number of rotatable bonds is 0. The molecule has 0 spiro atoms.